The summed E-state index contributed by atoms with van der Waals surface area (Å²) < 4.78 is 14.5. The van der Waals surface area contributed by atoms with Crippen molar-refractivity contribution in [3.05, 3.63) is 24.3 Å². The molecule has 76 valence electrons. The molecule has 0 fully saturated rings. The molecule has 0 spiro atoms. The SMILES string of the molecule is COc1cccc(B(O[B]O)O[B]O)c1. The lowest BCUT2D eigenvalue weighted by molar-refractivity contribution is 0.375. The quantitative estimate of drug-likeness (QED) is 0.552. The van der Waals surface area contributed by atoms with Gasteiger partial charge in [-0.2, -0.15) is 0 Å². The Labute approximate surface area is 89.7 Å². The number of benzene rings is 1. The lowest BCUT2D eigenvalue weighted by Gasteiger charge is -2.12. The number of ether oxygens (including phenoxy) is 1. The Kier molecular flexibility index (Phi) is 5.27. The Hall–Kier alpha value is -0.945. The lowest BCUT2D eigenvalue weighted by atomic mass is 9.76. The minimum atomic E-state index is -0.907. The highest BCUT2D eigenvalue weighted by Crippen LogP contribution is 2.06. The summed E-state index contributed by atoms with van der Waals surface area (Å²) in [6.45, 7) is 0. The second-order valence-corrected chi connectivity index (χ2v) is 2.59. The summed E-state index contributed by atoms with van der Waals surface area (Å²) in [7, 11) is 1.61. The van der Waals surface area contributed by atoms with E-state index in [-0.39, 0.29) is 0 Å². The molecule has 2 N–H and O–H groups in total. The van der Waals surface area contributed by atoms with Crippen LogP contribution < -0.4 is 10.2 Å². The van der Waals surface area contributed by atoms with Crippen LogP contribution in [0.1, 0.15) is 0 Å². The van der Waals surface area contributed by atoms with Crippen LogP contribution in [-0.4, -0.2) is 39.6 Å². The first-order chi connectivity index (χ1) is 7.31. The van der Waals surface area contributed by atoms with Crippen LogP contribution in [0.5, 0.6) is 5.75 Å². The van der Waals surface area contributed by atoms with E-state index in [1.807, 2.05) is 0 Å². The van der Waals surface area contributed by atoms with E-state index in [1.54, 1.807) is 24.3 Å². The molecule has 0 aliphatic carbocycles. The molecular formula is C7H9B3O5. The van der Waals surface area contributed by atoms with E-state index >= 15 is 0 Å². The van der Waals surface area contributed by atoms with Crippen molar-refractivity contribution < 1.29 is 23.9 Å². The van der Waals surface area contributed by atoms with Crippen molar-refractivity contribution in [3.63, 3.8) is 0 Å². The molecule has 1 rings (SSSR count). The van der Waals surface area contributed by atoms with Gasteiger partial charge < -0.3 is 23.9 Å². The fourth-order valence-corrected chi connectivity index (χ4v) is 1.09. The van der Waals surface area contributed by atoms with Crippen LogP contribution in [0.15, 0.2) is 24.3 Å². The van der Waals surface area contributed by atoms with Gasteiger partial charge in [0.05, 0.1) is 7.11 Å². The molecule has 0 heterocycles. The monoisotopic (exact) mass is 206 g/mol. The fourth-order valence-electron chi connectivity index (χ4n) is 1.09. The molecule has 0 atom stereocenters. The third kappa shape index (κ3) is 3.60. The molecule has 0 unspecified atom stereocenters. The maximum Gasteiger partial charge on any atom is 0.470 e. The smallest absolute Gasteiger partial charge is 0.470 e. The van der Waals surface area contributed by atoms with E-state index < -0.39 is 7.12 Å². The number of rotatable bonds is 6. The maximum atomic E-state index is 8.50. The van der Waals surface area contributed by atoms with E-state index in [4.69, 9.17) is 23.9 Å². The minimum absolute atomic E-state index is 0.494. The molecule has 15 heavy (non-hydrogen) atoms. The van der Waals surface area contributed by atoms with Crippen LogP contribution in [0.25, 0.3) is 0 Å². The van der Waals surface area contributed by atoms with Gasteiger partial charge in [-0.25, -0.2) is 0 Å². The topological polar surface area (TPSA) is 68.2 Å². The van der Waals surface area contributed by atoms with Crippen molar-refractivity contribution >= 4 is 28.0 Å². The highest BCUT2D eigenvalue weighted by atomic mass is 16.6. The third-order valence-electron chi connectivity index (χ3n) is 1.73. The maximum absolute atomic E-state index is 8.50. The van der Waals surface area contributed by atoms with E-state index in [0.29, 0.717) is 26.6 Å². The first-order valence-electron chi connectivity index (χ1n) is 4.18. The average Bonchev–Trinajstić information content (AvgIpc) is 2.29. The van der Waals surface area contributed by atoms with Gasteiger partial charge in [0.2, 0.25) is 0 Å². The van der Waals surface area contributed by atoms with Gasteiger partial charge in [0.15, 0.2) is 0 Å². The second-order valence-electron chi connectivity index (χ2n) is 2.59. The number of hydrogen-bond donors (Lipinski definition) is 2. The van der Waals surface area contributed by atoms with E-state index in [2.05, 4.69) is 0 Å². The summed E-state index contributed by atoms with van der Waals surface area (Å²) in [6, 6.07) is 6.87. The predicted octanol–water partition coefficient (Wildman–Crippen LogP) is -1.52. The van der Waals surface area contributed by atoms with Crippen LogP contribution >= 0.6 is 0 Å². The Morgan fingerprint density at radius 2 is 1.87 bits per heavy atom. The largest absolute Gasteiger partial charge is 0.497 e. The molecule has 1 aromatic rings. The second kappa shape index (κ2) is 6.52. The Morgan fingerprint density at radius 1 is 1.20 bits per heavy atom. The zero-order valence-electron chi connectivity index (χ0n) is 8.16. The molecule has 0 saturated heterocycles. The molecule has 1 aromatic carbocycles. The van der Waals surface area contributed by atoms with E-state index in [1.165, 1.54) is 7.11 Å². The first-order valence-corrected chi connectivity index (χ1v) is 4.18. The highest BCUT2D eigenvalue weighted by molar-refractivity contribution is 6.68. The van der Waals surface area contributed by atoms with Crippen LogP contribution in [0, 0.1) is 0 Å². The van der Waals surface area contributed by atoms with Crippen LogP contribution in [0.3, 0.4) is 0 Å². The molecular weight excluding hydrogens is 197 g/mol. The Morgan fingerprint density at radius 3 is 2.40 bits per heavy atom. The summed E-state index contributed by atoms with van der Waals surface area (Å²) >= 11 is 0. The molecule has 0 amide bonds. The lowest BCUT2D eigenvalue weighted by Crippen LogP contribution is -2.39. The van der Waals surface area contributed by atoms with Gasteiger partial charge in [-0.3, -0.25) is 0 Å². The van der Waals surface area contributed by atoms with E-state index in [9.17, 15) is 0 Å². The zero-order valence-corrected chi connectivity index (χ0v) is 8.16. The van der Waals surface area contributed by atoms with E-state index in [0.717, 1.165) is 0 Å². The molecule has 0 saturated carbocycles. The van der Waals surface area contributed by atoms with Crippen molar-refractivity contribution in [2.45, 2.75) is 0 Å². The van der Waals surface area contributed by atoms with Gasteiger partial charge >= 0.3 is 22.5 Å². The summed E-state index contributed by atoms with van der Waals surface area (Å²) in [6.07, 6.45) is 0. The van der Waals surface area contributed by atoms with Gasteiger partial charge in [-0.05, 0) is 17.6 Å². The molecule has 8 heteroatoms. The van der Waals surface area contributed by atoms with Crippen molar-refractivity contribution in [1.29, 1.82) is 0 Å². The fraction of sp³-hybridized carbons (Fsp3) is 0.143. The standard InChI is InChI=1S/C7H9B3O5/c1-13-7-4-2-3-6(5-7)10(14-8-11)15-9-12/h2-5,11-12H,1H3. The highest BCUT2D eigenvalue weighted by Gasteiger charge is 2.21. The van der Waals surface area contributed by atoms with Gasteiger partial charge in [0, 0.05) is 0 Å². The van der Waals surface area contributed by atoms with Crippen molar-refractivity contribution in [2.24, 2.45) is 0 Å². The van der Waals surface area contributed by atoms with Gasteiger partial charge in [0.25, 0.3) is 0 Å². The third-order valence-corrected chi connectivity index (χ3v) is 1.73. The molecule has 0 bridgehead atoms. The van der Waals surface area contributed by atoms with Crippen molar-refractivity contribution in [2.75, 3.05) is 7.11 Å². The summed E-state index contributed by atoms with van der Waals surface area (Å²) in [4.78, 5) is 0. The van der Waals surface area contributed by atoms with Crippen molar-refractivity contribution in [3.8, 4) is 5.75 Å². The van der Waals surface area contributed by atoms with Gasteiger partial charge in [-0.15, -0.1) is 0 Å². The molecule has 2 radical (unpaired) electrons. The average molecular weight is 206 g/mol. The number of hydrogen-bond acceptors (Lipinski definition) is 5. The summed E-state index contributed by atoms with van der Waals surface area (Å²) in [5.74, 6) is 0.626. The minimum Gasteiger partial charge on any atom is -0.497 e. The molecule has 5 nitrogen and oxygen atoms in total. The Balaban J connectivity index is 2.79. The molecule has 0 aliphatic rings. The zero-order chi connectivity index (χ0) is 11.1. The first kappa shape index (κ1) is 12.1. The van der Waals surface area contributed by atoms with Crippen LogP contribution in [-0.2, 0) is 9.14 Å². The predicted molar refractivity (Wildman–Crippen MR) is 56.5 cm³/mol. The summed E-state index contributed by atoms with van der Waals surface area (Å²) in [5.41, 5.74) is 0.602. The van der Waals surface area contributed by atoms with Crippen molar-refractivity contribution in [1.82, 2.24) is 0 Å². The summed E-state index contributed by atoms with van der Waals surface area (Å²) in [5, 5.41) is 17.0. The molecule has 0 aromatic heterocycles. The van der Waals surface area contributed by atoms with Gasteiger partial charge in [-0.1, -0.05) is 12.1 Å². The van der Waals surface area contributed by atoms with Crippen LogP contribution in [0.4, 0.5) is 0 Å². The Bertz CT molecular complexity index is 292. The van der Waals surface area contributed by atoms with Gasteiger partial charge in [0.1, 0.15) is 5.75 Å². The number of methoxy groups -OCH3 is 1. The molecule has 0 aliphatic heterocycles. The van der Waals surface area contributed by atoms with Crippen LogP contribution in [0.2, 0.25) is 0 Å². The normalized spacial score (nSPS) is 9.53.